The van der Waals surface area contributed by atoms with Gasteiger partial charge in [0.2, 0.25) is 0 Å². The van der Waals surface area contributed by atoms with Gasteiger partial charge in [0.1, 0.15) is 0 Å². The number of hydrogen-bond donors (Lipinski definition) is 2. The number of benzene rings is 1. The molecule has 0 saturated carbocycles. The molecule has 0 unspecified atom stereocenters. The number of aromatic hydroxyl groups is 2. The Hall–Kier alpha value is -0.544. The van der Waals surface area contributed by atoms with Crippen LogP contribution >= 0.6 is 0 Å². The molecular weight excluding hydrogens is 174 g/mol. The molecule has 0 fully saturated rings. The molecule has 3 heteroatoms. The van der Waals surface area contributed by atoms with E-state index in [2.05, 4.69) is 0 Å². The summed E-state index contributed by atoms with van der Waals surface area (Å²) >= 11 is 0.426. The van der Waals surface area contributed by atoms with Crippen molar-refractivity contribution in [1.82, 2.24) is 0 Å². The van der Waals surface area contributed by atoms with E-state index in [1.165, 1.54) is 6.07 Å². The Bertz CT molecular complexity index is 202. The molecule has 0 atom stereocenters. The van der Waals surface area contributed by atoms with Gasteiger partial charge in [-0.05, 0) is 0 Å². The molecule has 0 spiro atoms. The monoisotopic (exact) mass is 180 g/mol. The van der Waals surface area contributed by atoms with Crippen molar-refractivity contribution in [2.24, 2.45) is 0 Å². The van der Waals surface area contributed by atoms with Gasteiger partial charge in [-0.15, -0.1) is 0 Å². The Morgan fingerprint density at radius 2 is 1.89 bits per heavy atom. The molecule has 2 N–H and O–H groups in total. The summed E-state index contributed by atoms with van der Waals surface area (Å²) in [6, 6.07) is 5.02. The Labute approximate surface area is 63.1 Å². The molecule has 0 aliphatic rings. The van der Waals surface area contributed by atoms with Crippen molar-refractivity contribution >= 4 is 22.7 Å². The second-order valence-corrected chi connectivity index (χ2v) is 4.20. The number of hydrogen-bond acceptors (Lipinski definition) is 2. The summed E-state index contributed by atoms with van der Waals surface area (Å²) in [6.07, 6.45) is 0. The Kier molecular flexibility index (Phi) is 1.73. The van der Waals surface area contributed by atoms with Crippen LogP contribution in [0.15, 0.2) is 18.2 Å². The third-order valence-electron chi connectivity index (χ3n) is 1.22. The molecule has 0 bridgehead atoms. The van der Waals surface area contributed by atoms with E-state index in [1.54, 1.807) is 6.07 Å². The molecule has 2 nitrogen and oxygen atoms in total. The molecular formula is C6H7GaO2. The van der Waals surface area contributed by atoms with Crippen molar-refractivity contribution < 1.29 is 10.2 Å². The molecule has 46 valence electrons. The molecule has 0 aliphatic heterocycles. The quantitative estimate of drug-likeness (QED) is 0.412. The predicted molar refractivity (Wildman–Crippen MR) is 37.9 cm³/mol. The average Bonchev–Trinajstić information content (AvgIpc) is 1.83. The van der Waals surface area contributed by atoms with E-state index < -0.39 is 0 Å². The van der Waals surface area contributed by atoms with Crippen LogP contribution in [0.5, 0.6) is 11.5 Å². The maximum absolute atomic E-state index is 9.00. The fraction of sp³-hybridized carbons (Fsp3) is 0. The average molecular weight is 181 g/mol. The van der Waals surface area contributed by atoms with Crippen molar-refractivity contribution in [3.05, 3.63) is 18.2 Å². The number of phenols is 2. The number of para-hydroxylation sites is 1. The molecule has 0 amide bonds. The molecule has 1 rings (SSSR count). The fourth-order valence-corrected chi connectivity index (χ4v) is 1.58. The van der Waals surface area contributed by atoms with Gasteiger partial charge in [-0.25, -0.2) is 0 Å². The van der Waals surface area contributed by atoms with Crippen LogP contribution < -0.4 is 4.12 Å². The van der Waals surface area contributed by atoms with Gasteiger partial charge in [0.25, 0.3) is 0 Å². The zero-order valence-corrected chi connectivity index (χ0v) is 9.32. The van der Waals surface area contributed by atoms with Crippen molar-refractivity contribution in [1.29, 1.82) is 0 Å². The van der Waals surface area contributed by atoms with E-state index in [1.807, 2.05) is 6.07 Å². The van der Waals surface area contributed by atoms with Crippen LogP contribution in [0.4, 0.5) is 0 Å². The van der Waals surface area contributed by atoms with Crippen molar-refractivity contribution in [2.45, 2.75) is 0 Å². The van der Waals surface area contributed by atoms with Crippen LogP contribution in [0.25, 0.3) is 0 Å². The summed E-state index contributed by atoms with van der Waals surface area (Å²) in [5.41, 5.74) is 0. The van der Waals surface area contributed by atoms with E-state index in [-0.39, 0.29) is 11.5 Å². The standard InChI is InChI=1S/C6H5O2.Ga.2H/c7-5-3-1-2-4-6(5)8;;;/h1-3,7-8H;;;. The van der Waals surface area contributed by atoms with Crippen molar-refractivity contribution in [3.8, 4) is 11.5 Å². The van der Waals surface area contributed by atoms with Gasteiger partial charge in [0.15, 0.2) is 0 Å². The fourth-order valence-electron chi connectivity index (χ4n) is 0.643. The zero-order chi connectivity index (χ0) is 6.85. The first kappa shape index (κ1) is 6.57. The van der Waals surface area contributed by atoms with E-state index in [4.69, 9.17) is 10.2 Å². The topological polar surface area (TPSA) is 40.5 Å². The van der Waals surface area contributed by atoms with Crippen LogP contribution in [0.3, 0.4) is 0 Å². The Morgan fingerprint density at radius 1 is 1.22 bits per heavy atom. The second kappa shape index (κ2) is 2.37. The van der Waals surface area contributed by atoms with E-state index in [0.29, 0.717) is 18.6 Å². The molecule has 0 radical (unpaired) electrons. The molecule has 1 aromatic carbocycles. The second-order valence-electron chi connectivity index (χ2n) is 1.94. The van der Waals surface area contributed by atoms with Crippen molar-refractivity contribution in [3.63, 3.8) is 0 Å². The summed E-state index contributed by atoms with van der Waals surface area (Å²) in [6.45, 7) is 0. The predicted octanol–water partition coefficient (Wildman–Crippen LogP) is -0.644. The van der Waals surface area contributed by atoms with Gasteiger partial charge >= 0.3 is 62.6 Å². The van der Waals surface area contributed by atoms with Gasteiger partial charge in [-0.2, -0.15) is 0 Å². The summed E-state index contributed by atoms with van der Waals surface area (Å²) in [7, 11) is 0. The number of phenolic OH excluding ortho intramolecular Hbond substituents is 2. The summed E-state index contributed by atoms with van der Waals surface area (Å²) < 4.78 is 0.877. The third-order valence-corrected chi connectivity index (χ3v) is 2.91. The molecule has 0 heterocycles. The van der Waals surface area contributed by atoms with Crippen LogP contribution in [-0.4, -0.2) is 28.8 Å². The number of rotatable bonds is 0. The van der Waals surface area contributed by atoms with E-state index in [9.17, 15) is 0 Å². The zero-order valence-electron chi connectivity index (χ0n) is 5.13. The van der Waals surface area contributed by atoms with Gasteiger partial charge in [-0.3, -0.25) is 0 Å². The maximum atomic E-state index is 9.00. The van der Waals surface area contributed by atoms with Gasteiger partial charge in [0, 0.05) is 0 Å². The Morgan fingerprint density at radius 3 is 2.33 bits per heavy atom. The summed E-state index contributed by atoms with van der Waals surface area (Å²) in [5.74, 6) is 0.0399. The minimum absolute atomic E-state index is 0.0133. The van der Waals surface area contributed by atoms with Gasteiger partial charge in [-0.1, -0.05) is 0 Å². The normalized spacial score (nSPS) is 9.33. The molecule has 0 aliphatic carbocycles. The van der Waals surface area contributed by atoms with Crippen LogP contribution in [0.1, 0.15) is 0 Å². The van der Waals surface area contributed by atoms with Crippen LogP contribution in [0, 0.1) is 0 Å². The molecule has 1 aromatic rings. The SMILES string of the molecule is Oc1ccc[c]([GaH2])c1O. The van der Waals surface area contributed by atoms with Crippen molar-refractivity contribution in [2.75, 3.05) is 0 Å². The first-order valence-electron chi connectivity index (χ1n) is 2.69. The summed E-state index contributed by atoms with van der Waals surface area (Å²) in [4.78, 5) is 0. The van der Waals surface area contributed by atoms with Gasteiger partial charge in [0.05, 0.1) is 0 Å². The molecule has 0 saturated heterocycles. The van der Waals surface area contributed by atoms with Crippen LogP contribution in [0.2, 0.25) is 0 Å². The minimum atomic E-state index is -0.0133. The first-order valence-corrected chi connectivity index (χ1v) is 4.79. The van der Waals surface area contributed by atoms with E-state index >= 15 is 0 Å². The van der Waals surface area contributed by atoms with Crippen LogP contribution in [-0.2, 0) is 0 Å². The van der Waals surface area contributed by atoms with E-state index in [0.717, 1.165) is 4.12 Å². The Balaban J connectivity index is 3.25. The first-order chi connectivity index (χ1) is 4.22. The molecule has 0 aromatic heterocycles. The third kappa shape index (κ3) is 1.23. The molecule has 9 heavy (non-hydrogen) atoms. The summed E-state index contributed by atoms with van der Waals surface area (Å²) in [5, 5.41) is 17.9. The van der Waals surface area contributed by atoms with Gasteiger partial charge < -0.3 is 0 Å².